The van der Waals surface area contributed by atoms with E-state index in [1.54, 1.807) is 10.9 Å². The summed E-state index contributed by atoms with van der Waals surface area (Å²) in [5.74, 6) is -4.84. The molecular formula is C30H25ClF5N5O5. The first kappa shape index (κ1) is 31.5. The lowest BCUT2D eigenvalue weighted by atomic mass is 9.81. The SMILES string of the molecule is COc1cc(C(=O)NCC(O)(c2cc3c(c(-c4cc(F)c(F)c(Cl)c4)n2)OC[C@]3(C)C(N)=O)C(F)(F)F)cc2cn(C3CC3)nc12. The van der Waals surface area contributed by atoms with Gasteiger partial charge in [0.05, 0.1) is 30.4 Å². The number of amides is 2. The number of nitrogens with one attached hydrogen (secondary N) is 1. The Balaban J connectivity index is 1.42. The van der Waals surface area contributed by atoms with Crippen molar-refractivity contribution in [3.63, 3.8) is 0 Å². The number of halogens is 6. The number of pyridine rings is 1. The van der Waals surface area contributed by atoms with E-state index in [4.69, 9.17) is 26.8 Å². The number of aliphatic hydroxyl groups is 1. The molecule has 1 unspecified atom stereocenters. The molecule has 4 N–H and O–H groups in total. The van der Waals surface area contributed by atoms with Gasteiger partial charge in [0.15, 0.2) is 11.6 Å². The molecule has 4 aromatic rings. The molecule has 1 aliphatic carbocycles. The summed E-state index contributed by atoms with van der Waals surface area (Å²) in [6, 6.07) is 5.27. The van der Waals surface area contributed by atoms with Gasteiger partial charge < -0.3 is 25.6 Å². The minimum atomic E-state index is -5.46. The van der Waals surface area contributed by atoms with Gasteiger partial charge in [-0.2, -0.15) is 18.3 Å². The molecule has 1 aliphatic heterocycles. The topological polar surface area (TPSA) is 142 Å². The number of nitrogens with two attached hydrogens (primary N) is 1. The zero-order valence-electron chi connectivity index (χ0n) is 24.1. The third-order valence-corrected chi connectivity index (χ3v) is 8.54. The molecule has 46 heavy (non-hydrogen) atoms. The summed E-state index contributed by atoms with van der Waals surface area (Å²) in [6.07, 6.45) is -1.88. The van der Waals surface area contributed by atoms with Crippen LogP contribution in [-0.4, -0.2) is 58.1 Å². The van der Waals surface area contributed by atoms with Gasteiger partial charge in [0.25, 0.3) is 5.91 Å². The molecule has 2 aliphatic rings. The summed E-state index contributed by atoms with van der Waals surface area (Å²) in [5.41, 5.74) is -1.66. The largest absolute Gasteiger partial charge is 0.494 e. The number of nitrogens with zero attached hydrogens (tertiary/aromatic N) is 3. The standard InChI is InChI=1S/C30H25ClF5N5O5/c1-28(27(37)43)12-46-25-17(28)9-21(39-24(25)13-6-18(31)22(33)19(32)7-13)29(44,30(34,35)36)11-38-26(42)14-5-15-10-41(16-3-4-16)40-23(15)20(8-14)45-2/h5-10,16,44H,3-4,11-12H2,1-2H3,(H2,37,43)(H,38,42)/t28-,29?/m0/s1. The van der Waals surface area contributed by atoms with Crippen LogP contribution in [0.1, 0.15) is 47.4 Å². The smallest absolute Gasteiger partial charge is 0.424 e. The number of primary amides is 1. The van der Waals surface area contributed by atoms with E-state index in [9.17, 15) is 36.6 Å². The Bertz CT molecular complexity index is 1910. The van der Waals surface area contributed by atoms with E-state index in [0.29, 0.717) is 17.0 Å². The third-order valence-electron chi connectivity index (χ3n) is 8.27. The first-order valence-electron chi connectivity index (χ1n) is 13.8. The number of fused-ring (bicyclic) bond motifs is 2. The minimum absolute atomic E-state index is 0.0713. The van der Waals surface area contributed by atoms with Crippen molar-refractivity contribution in [2.75, 3.05) is 20.3 Å². The Hall–Kier alpha value is -4.50. The molecule has 2 aromatic carbocycles. The molecule has 6 rings (SSSR count). The Labute approximate surface area is 262 Å². The quantitative estimate of drug-likeness (QED) is 0.183. The van der Waals surface area contributed by atoms with Crippen molar-refractivity contribution in [3.8, 4) is 22.8 Å². The average molecular weight is 666 g/mol. The molecule has 0 radical (unpaired) electrons. The number of hydrogen-bond donors (Lipinski definition) is 3. The average Bonchev–Trinajstić information content (AvgIpc) is 3.67. The maximum absolute atomic E-state index is 14.7. The van der Waals surface area contributed by atoms with Crippen molar-refractivity contribution in [2.45, 2.75) is 43.0 Å². The van der Waals surface area contributed by atoms with Gasteiger partial charge in [0, 0.05) is 28.3 Å². The molecular weight excluding hydrogens is 641 g/mol. The maximum Gasteiger partial charge on any atom is 0.424 e. The lowest BCUT2D eigenvalue weighted by Crippen LogP contribution is -2.51. The Morgan fingerprint density at radius 1 is 1.22 bits per heavy atom. The Kier molecular flexibility index (Phi) is 7.39. The maximum atomic E-state index is 14.7. The van der Waals surface area contributed by atoms with Crippen molar-refractivity contribution in [1.29, 1.82) is 0 Å². The molecule has 2 aromatic heterocycles. The van der Waals surface area contributed by atoms with Crippen LogP contribution < -0.4 is 20.5 Å². The van der Waals surface area contributed by atoms with Crippen molar-refractivity contribution in [1.82, 2.24) is 20.1 Å². The number of benzene rings is 2. The number of alkyl halides is 3. The second-order valence-corrected chi connectivity index (χ2v) is 11.9. The molecule has 3 heterocycles. The number of methoxy groups -OCH3 is 1. The van der Waals surface area contributed by atoms with E-state index >= 15 is 0 Å². The number of rotatable bonds is 8. The number of aromatic nitrogens is 3. The fourth-order valence-electron chi connectivity index (χ4n) is 5.27. The predicted octanol–water partition coefficient (Wildman–Crippen LogP) is 4.69. The summed E-state index contributed by atoms with van der Waals surface area (Å²) in [6.45, 7) is -0.554. The van der Waals surface area contributed by atoms with E-state index in [1.807, 2.05) is 0 Å². The van der Waals surface area contributed by atoms with Gasteiger partial charge in [0.2, 0.25) is 11.5 Å². The van der Waals surface area contributed by atoms with Gasteiger partial charge in [-0.05, 0) is 50.1 Å². The molecule has 0 saturated heterocycles. The molecule has 242 valence electrons. The molecule has 0 bridgehead atoms. The highest BCUT2D eigenvalue weighted by Crippen LogP contribution is 2.48. The van der Waals surface area contributed by atoms with Crippen molar-refractivity contribution in [3.05, 3.63) is 70.0 Å². The van der Waals surface area contributed by atoms with Gasteiger partial charge in [-0.15, -0.1) is 0 Å². The van der Waals surface area contributed by atoms with Crippen molar-refractivity contribution in [2.24, 2.45) is 5.73 Å². The van der Waals surface area contributed by atoms with Crippen LogP contribution in [0.5, 0.6) is 11.5 Å². The number of hydrogen-bond acceptors (Lipinski definition) is 7. The Morgan fingerprint density at radius 3 is 2.54 bits per heavy atom. The van der Waals surface area contributed by atoms with Crippen molar-refractivity contribution < 1.29 is 46.1 Å². The minimum Gasteiger partial charge on any atom is -0.494 e. The summed E-state index contributed by atoms with van der Waals surface area (Å²) >= 11 is 5.80. The molecule has 2 atom stereocenters. The van der Waals surface area contributed by atoms with Crippen LogP contribution >= 0.6 is 11.6 Å². The van der Waals surface area contributed by atoms with Gasteiger partial charge in [-0.3, -0.25) is 14.3 Å². The second-order valence-electron chi connectivity index (χ2n) is 11.5. The van der Waals surface area contributed by atoms with Gasteiger partial charge in [0.1, 0.15) is 34.7 Å². The Morgan fingerprint density at radius 2 is 1.93 bits per heavy atom. The fourth-order valence-corrected chi connectivity index (χ4v) is 5.48. The van der Waals surface area contributed by atoms with E-state index in [2.05, 4.69) is 15.4 Å². The van der Waals surface area contributed by atoms with Crippen LogP contribution in [0.3, 0.4) is 0 Å². The van der Waals surface area contributed by atoms with Crippen LogP contribution in [0, 0.1) is 11.6 Å². The molecule has 10 nitrogen and oxygen atoms in total. The lowest BCUT2D eigenvalue weighted by molar-refractivity contribution is -0.265. The van der Waals surface area contributed by atoms with Crippen LogP contribution in [0.4, 0.5) is 22.0 Å². The van der Waals surface area contributed by atoms with Crippen LogP contribution in [0.25, 0.3) is 22.2 Å². The first-order valence-corrected chi connectivity index (χ1v) is 14.2. The summed E-state index contributed by atoms with van der Waals surface area (Å²) < 4.78 is 85.3. The second kappa shape index (κ2) is 10.8. The molecule has 0 spiro atoms. The van der Waals surface area contributed by atoms with Gasteiger partial charge >= 0.3 is 6.18 Å². The fraction of sp³-hybridized carbons (Fsp3) is 0.333. The van der Waals surface area contributed by atoms with Crippen LogP contribution in [0.15, 0.2) is 36.5 Å². The van der Waals surface area contributed by atoms with Crippen LogP contribution in [0.2, 0.25) is 5.02 Å². The molecule has 16 heteroatoms. The molecule has 2 amide bonds. The van der Waals surface area contributed by atoms with E-state index in [1.165, 1.54) is 26.2 Å². The predicted molar refractivity (Wildman–Crippen MR) is 153 cm³/mol. The monoisotopic (exact) mass is 665 g/mol. The number of carbonyl (C=O) groups excluding carboxylic acids is 2. The number of carbonyl (C=O) groups is 2. The highest BCUT2D eigenvalue weighted by Gasteiger charge is 2.57. The van der Waals surface area contributed by atoms with E-state index in [-0.39, 0.29) is 34.2 Å². The highest BCUT2D eigenvalue weighted by atomic mass is 35.5. The van der Waals surface area contributed by atoms with E-state index < -0.39 is 70.2 Å². The highest BCUT2D eigenvalue weighted by molar-refractivity contribution is 6.31. The lowest BCUT2D eigenvalue weighted by Gasteiger charge is -2.31. The first-order chi connectivity index (χ1) is 21.6. The zero-order chi connectivity index (χ0) is 33.3. The zero-order valence-corrected chi connectivity index (χ0v) is 24.9. The molecule has 1 fully saturated rings. The molecule has 1 saturated carbocycles. The van der Waals surface area contributed by atoms with Gasteiger partial charge in [-0.25, -0.2) is 13.8 Å². The number of ether oxygens (including phenoxy) is 2. The van der Waals surface area contributed by atoms with E-state index in [0.717, 1.165) is 25.0 Å². The summed E-state index contributed by atoms with van der Waals surface area (Å²) in [7, 11) is 1.36. The normalized spacial score (nSPS) is 19.0. The third kappa shape index (κ3) is 5.07. The summed E-state index contributed by atoms with van der Waals surface area (Å²) in [5, 5.41) is 17.7. The summed E-state index contributed by atoms with van der Waals surface area (Å²) in [4.78, 5) is 29.6. The van der Waals surface area contributed by atoms with Crippen LogP contribution in [-0.2, 0) is 15.8 Å². The van der Waals surface area contributed by atoms with Crippen molar-refractivity contribution >= 4 is 34.3 Å². The van der Waals surface area contributed by atoms with Gasteiger partial charge in [-0.1, -0.05) is 11.6 Å².